The van der Waals surface area contributed by atoms with Crippen LogP contribution in [0.5, 0.6) is 0 Å². The molecule has 1 N–H and O–H groups in total. The second-order valence-corrected chi connectivity index (χ2v) is 10.5. The number of benzene rings is 1. The number of aliphatic hydroxyl groups is 1. The Labute approximate surface area is 173 Å². The molecule has 2 saturated carbocycles. The van der Waals surface area contributed by atoms with Crippen molar-refractivity contribution in [2.45, 2.75) is 64.9 Å². The van der Waals surface area contributed by atoms with Gasteiger partial charge in [-0.1, -0.05) is 43.7 Å². The van der Waals surface area contributed by atoms with Crippen LogP contribution in [0.4, 0.5) is 0 Å². The van der Waals surface area contributed by atoms with Crippen LogP contribution in [0.25, 0.3) is 16.7 Å². The van der Waals surface area contributed by atoms with E-state index < -0.39 is 0 Å². The Morgan fingerprint density at radius 2 is 1.83 bits per heavy atom. The van der Waals surface area contributed by atoms with Gasteiger partial charge in [0.25, 0.3) is 0 Å². The van der Waals surface area contributed by atoms with Gasteiger partial charge in [-0.15, -0.1) is 0 Å². The van der Waals surface area contributed by atoms with Crippen molar-refractivity contribution in [2.75, 3.05) is 0 Å². The number of nitrogens with zero attached hydrogens (tertiary/aromatic N) is 2. The summed E-state index contributed by atoms with van der Waals surface area (Å²) in [6.07, 6.45) is 15.0. The lowest BCUT2D eigenvalue weighted by atomic mass is 9.48. The Bertz CT molecular complexity index is 1030. The summed E-state index contributed by atoms with van der Waals surface area (Å²) in [6, 6.07) is 8.52. The zero-order valence-electron chi connectivity index (χ0n) is 17.6. The molecule has 152 valence electrons. The van der Waals surface area contributed by atoms with E-state index in [0.717, 1.165) is 42.5 Å². The quantitative estimate of drug-likeness (QED) is 0.626. The summed E-state index contributed by atoms with van der Waals surface area (Å²) in [5.41, 5.74) is 5.92. The molecule has 1 heterocycles. The number of allylic oxidation sites excluding steroid dienone is 3. The first-order valence-corrected chi connectivity index (χ1v) is 11.5. The predicted molar refractivity (Wildman–Crippen MR) is 117 cm³/mol. The largest absolute Gasteiger partial charge is 0.393 e. The van der Waals surface area contributed by atoms with E-state index in [0.29, 0.717) is 5.41 Å². The molecule has 0 bridgehead atoms. The highest BCUT2D eigenvalue weighted by atomic mass is 16.3. The maximum absolute atomic E-state index is 10.2. The average Bonchev–Trinajstić information content (AvgIpc) is 3.29. The van der Waals surface area contributed by atoms with E-state index in [-0.39, 0.29) is 11.5 Å². The molecule has 1 unspecified atom stereocenters. The molecule has 29 heavy (non-hydrogen) atoms. The number of aromatic nitrogens is 2. The van der Waals surface area contributed by atoms with Crippen molar-refractivity contribution in [3.05, 3.63) is 48.3 Å². The molecule has 4 aliphatic carbocycles. The molecule has 3 nitrogen and oxygen atoms in total. The van der Waals surface area contributed by atoms with E-state index in [4.69, 9.17) is 0 Å². The fourth-order valence-electron chi connectivity index (χ4n) is 7.71. The van der Waals surface area contributed by atoms with Crippen LogP contribution in [0.3, 0.4) is 0 Å². The SMILES string of the molecule is CC12CC[C@H](O)CC1=CC[C@H]1[C@H]2CC[C@]2(C)C(n3cnc4ccccc43)=CC[C@H]12. The molecule has 0 saturated heterocycles. The number of rotatable bonds is 1. The van der Waals surface area contributed by atoms with Gasteiger partial charge in [0.2, 0.25) is 0 Å². The van der Waals surface area contributed by atoms with E-state index in [2.05, 4.69) is 59.8 Å². The maximum Gasteiger partial charge on any atom is 0.100 e. The summed E-state index contributed by atoms with van der Waals surface area (Å²) < 4.78 is 2.37. The Kier molecular flexibility index (Phi) is 3.76. The number of imidazole rings is 1. The van der Waals surface area contributed by atoms with Crippen LogP contribution in [0.1, 0.15) is 58.8 Å². The topological polar surface area (TPSA) is 38.0 Å². The van der Waals surface area contributed by atoms with Crippen molar-refractivity contribution in [1.29, 1.82) is 0 Å². The monoisotopic (exact) mass is 388 g/mol. The number of aliphatic hydroxyl groups excluding tert-OH is 1. The zero-order valence-corrected chi connectivity index (χ0v) is 17.6. The standard InChI is InChI=1S/C26H32N2O/c1-25-13-11-18(29)15-17(25)7-8-19-20-9-10-24(26(20,2)14-12-21(19)25)28-16-27-22-5-3-4-6-23(22)28/h3-7,10,16,18-21,29H,8-9,11-15H2,1-2H3/t18-,19+,20+,21+,25?,26-/m0/s1. The zero-order chi connectivity index (χ0) is 19.8. The highest BCUT2D eigenvalue weighted by molar-refractivity contribution is 5.80. The Morgan fingerprint density at radius 1 is 1.00 bits per heavy atom. The van der Waals surface area contributed by atoms with Gasteiger partial charge in [0, 0.05) is 11.1 Å². The van der Waals surface area contributed by atoms with Crippen LogP contribution >= 0.6 is 0 Å². The van der Waals surface area contributed by atoms with E-state index in [1.807, 2.05) is 6.33 Å². The number of para-hydroxylation sites is 2. The van der Waals surface area contributed by atoms with Crippen LogP contribution in [0, 0.1) is 28.6 Å². The van der Waals surface area contributed by atoms with Crippen molar-refractivity contribution in [2.24, 2.45) is 28.6 Å². The van der Waals surface area contributed by atoms with Crippen molar-refractivity contribution in [3.63, 3.8) is 0 Å². The molecule has 2 fully saturated rings. The van der Waals surface area contributed by atoms with Crippen molar-refractivity contribution in [3.8, 4) is 0 Å². The first-order valence-electron chi connectivity index (χ1n) is 11.5. The van der Waals surface area contributed by atoms with E-state index in [1.165, 1.54) is 36.9 Å². The molecule has 6 rings (SSSR count). The third-order valence-electron chi connectivity index (χ3n) is 9.33. The van der Waals surface area contributed by atoms with Gasteiger partial charge in [0.15, 0.2) is 0 Å². The van der Waals surface area contributed by atoms with Gasteiger partial charge < -0.3 is 9.67 Å². The second-order valence-electron chi connectivity index (χ2n) is 10.5. The van der Waals surface area contributed by atoms with Gasteiger partial charge in [-0.3, -0.25) is 0 Å². The summed E-state index contributed by atoms with van der Waals surface area (Å²) in [7, 11) is 0. The van der Waals surface area contributed by atoms with E-state index in [1.54, 1.807) is 5.57 Å². The molecular weight excluding hydrogens is 356 g/mol. The fourth-order valence-corrected chi connectivity index (χ4v) is 7.71. The van der Waals surface area contributed by atoms with Gasteiger partial charge in [-0.05, 0) is 80.2 Å². The van der Waals surface area contributed by atoms with Crippen molar-refractivity contribution in [1.82, 2.24) is 9.55 Å². The minimum absolute atomic E-state index is 0.117. The van der Waals surface area contributed by atoms with Gasteiger partial charge >= 0.3 is 0 Å². The van der Waals surface area contributed by atoms with Gasteiger partial charge in [0.1, 0.15) is 6.33 Å². The molecule has 0 amide bonds. The van der Waals surface area contributed by atoms with Gasteiger partial charge in [-0.25, -0.2) is 4.98 Å². The Hall–Kier alpha value is -1.87. The van der Waals surface area contributed by atoms with E-state index in [9.17, 15) is 5.11 Å². The minimum atomic E-state index is -0.117. The van der Waals surface area contributed by atoms with Crippen LogP contribution in [0.2, 0.25) is 0 Å². The molecule has 2 aromatic rings. The van der Waals surface area contributed by atoms with Crippen LogP contribution in [-0.4, -0.2) is 20.8 Å². The smallest absolute Gasteiger partial charge is 0.100 e. The lowest BCUT2D eigenvalue weighted by Gasteiger charge is -2.57. The van der Waals surface area contributed by atoms with Gasteiger partial charge in [-0.2, -0.15) is 0 Å². The molecule has 1 aromatic carbocycles. The third-order valence-corrected chi connectivity index (χ3v) is 9.33. The van der Waals surface area contributed by atoms with Crippen molar-refractivity contribution >= 4 is 16.7 Å². The highest BCUT2D eigenvalue weighted by Crippen LogP contribution is 2.65. The first kappa shape index (κ1) is 17.9. The average molecular weight is 389 g/mol. The third kappa shape index (κ3) is 2.37. The molecule has 0 spiro atoms. The molecule has 6 atom stereocenters. The molecule has 0 aliphatic heterocycles. The number of fused-ring (bicyclic) bond motifs is 6. The second kappa shape index (κ2) is 6.07. The summed E-state index contributed by atoms with van der Waals surface area (Å²) >= 11 is 0. The minimum Gasteiger partial charge on any atom is -0.393 e. The molecule has 1 aromatic heterocycles. The Morgan fingerprint density at radius 3 is 2.72 bits per heavy atom. The number of hydrogen-bond acceptors (Lipinski definition) is 2. The molecule has 0 radical (unpaired) electrons. The summed E-state index contributed by atoms with van der Waals surface area (Å²) in [5.74, 6) is 2.26. The Balaban J connectivity index is 1.36. The lowest BCUT2D eigenvalue weighted by Crippen LogP contribution is -2.50. The fraction of sp³-hybridized carbons (Fsp3) is 0.577. The summed E-state index contributed by atoms with van der Waals surface area (Å²) in [5, 5.41) is 10.2. The van der Waals surface area contributed by atoms with E-state index >= 15 is 0 Å². The molecule has 4 aliphatic rings. The lowest BCUT2D eigenvalue weighted by molar-refractivity contribution is -0.0249. The van der Waals surface area contributed by atoms with Crippen molar-refractivity contribution < 1.29 is 5.11 Å². The first-order chi connectivity index (χ1) is 14.0. The van der Waals surface area contributed by atoms with Crippen LogP contribution in [0.15, 0.2) is 48.3 Å². The van der Waals surface area contributed by atoms with Crippen LogP contribution < -0.4 is 0 Å². The molecule has 3 heteroatoms. The summed E-state index contributed by atoms with van der Waals surface area (Å²) in [6.45, 7) is 5.03. The maximum atomic E-state index is 10.2. The normalized spacial score (nSPS) is 41.3. The van der Waals surface area contributed by atoms with Gasteiger partial charge in [0.05, 0.1) is 17.1 Å². The highest BCUT2D eigenvalue weighted by Gasteiger charge is 2.57. The van der Waals surface area contributed by atoms with Crippen LogP contribution in [-0.2, 0) is 0 Å². The molecular formula is C26H32N2O. The predicted octanol–water partition coefficient (Wildman–Crippen LogP) is 5.81. The number of hydrogen-bond donors (Lipinski definition) is 1. The summed E-state index contributed by atoms with van der Waals surface area (Å²) in [4.78, 5) is 4.67.